The van der Waals surface area contributed by atoms with Crippen LogP contribution in [0, 0.1) is 0 Å². The number of aromatic nitrogens is 1. The normalized spacial score (nSPS) is 10.1. The molecule has 0 aliphatic carbocycles. The van der Waals surface area contributed by atoms with E-state index in [9.17, 15) is 0 Å². The lowest BCUT2D eigenvalue weighted by atomic mass is 10.3. The van der Waals surface area contributed by atoms with Gasteiger partial charge in [0.1, 0.15) is 5.82 Å². The Hall–Kier alpha value is -1.45. The number of hydrogen-bond donors (Lipinski definition) is 2. The molecule has 0 aliphatic rings. The first-order chi connectivity index (χ1) is 6.65. The highest BCUT2D eigenvalue weighted by Crippen LogP contribution is 2.18. The minimum atomic E-state index is 0.539. The largest absolute Gasteiger partial charge is 0.397 e. The van der Waals surface area contributed by atoms with Crippen molar-refractivity contribution in [2.45, 2.75) is 19.8 Å². The maximum Gasteiger partial charge on any atom is 0.130 e. The van der Waals surface area contributed by atoms with Crippen LogP contribution >= 0.6 is 0 Å². The van der Waals surface area contributed by atoms with Gasteiger partial charge in [-0.1, -0.05) is 13.3 Å². The molecule has 0 aromatic carbocycles. The van der Waals surface area contributed by atoms with Crippen molar-refractivity contribution < 1.29 is 0 Å². The van der Waals surface area contributed by atoms with Gasteiger partial charge in [-0.25, -0.2) is 4.98 Å². The zero-order valence-corrected chi connectivity index (χ0v) is 8.83. The average molecular weight is 194 g/mol. The van der Waals surface area contributed by atoms with Gasteiger partial charge in [0.15, 0.2) is 0 Å². The van der Waals surface area contributed by atoms with Gasteiger partial charge in [-0.3, -0.25) is 0 Å². The molecule has 0 bridgehead atoms. The Labute approximate surface area is 84.9 Å². The highest BCUT2D eigenvalue weighted by molar-refractivity contribution is 5.66. The minimum absolute atomic E-state index is 0.539. The van der Waals surface area contributed by atoms with Gasteiger partial charge in [-0.2, -0.15) is 0 Å². The van der Waals surface area contributed by atoms with Crippen LogP contribution in [-0.4, -0.2) is 18.6 Å². The van der Waals surface area contributed by atoms with Gasteiger partial charge >= 0.3 is 0 Å². The summed E-state index contributed by atoms with van der Waals surface area (Å²) in [5, 5.41) is 0. The maximum atomic E-state index is 5.70. The number of rotatable bonds is 4. The van der Waals surface area contributed by atoms with E-state index in [1.54, 1.807) is 6.20 Å². The Morgan fingerprint density at radius 1 is 1.36 bits per heavy atom. The van der Waals surface area contributed by atoms with Crippen molar-refractivity contribution in [1.29, 1.82) is 0 Å². The molecule has 0 saturated heterocycles. The molecule has 0 radical (unpaired) electrons. The standard InChI is InChI=1S/C10H18N4/c1-3-4-5-14(2)10-6-8(11)9(12)7-13-10/h6-7H,3-5,12H2,1-2H3,(H2,11,13). The van der Waals surface area contributed by atoms with E-state index in [0.717, 1.165) is 18.8 Å². The van der Waals surface area contributed by atoms with E-state index in [0.29, 0.717) is 11.4 Å². The van der Waals surface area contributed by atoms with Crippen LogP contribution in [0.1, 0.15) is 19.8 Å². The molecule has 4 N–H and O–H groups in total. The fourth-order valence-corrected chi connectivity index (χ4v) is 1.19. The summed E-state index contributed by atoms with van der Waals surface area (Å²) in [5.41, 5.74) is 12.4. The van der Waals surface area contributed by atoms with Gasteiger partial charge in [0.25, 0.3) is 0 Å². The fourth-order valence-electron chi connectivity index (χ4n) is 1.19. The second kappa shape index (κ2) is 4.69. The van der Waals surface area contributed by atoms with Crippen LogP contribution in [0.2, 0.25) is 0 Å². The van der Waals surface area contributed by atoms with E-state index in [2.05, 4.69) is 16.8 Å². The van der Waals surface area contributed by atoms with Crippen LogP contribution in [0.15, 0.2) is 12.3 Å². The summed E-state index contributed by atoms with van der Waals surface area (Å²) in [6, 6.07) is 1.81. The van der Waals surface area contributed by atoms with Crippen LogP contribution in [0.3, 0.4) is 0 Å². The summed E-state index contributed by atoms with van der Waals surface area (Å²) in [6.07, 6.45) is 3.93. The van der Waals surface area contributed by atoms with E-state index in [4.69, 9.17) is 11.5 Å². The van der Waals surface area contributed by atoms with E-state index < -0.39 is 0 Å². The zero-order valence-electron chi connectivity index (χ0n) is 8.83. The molecule has 0 atom stereocenters. The predicted molar refractivity (Wildman–Crippen MR) is 61.2 cm³/mol. The first kappa shape index (κ1) is 10.6. The summed E-state index contributed by atoms with van der Waals surface area (Å²) >= 11 is 0. The summed E-state index contributed by atoms with van der Waals surface area (Å²) in [5.74, 6) is 0.880. The highest BCUT2D eigenvalue weighted by Gasteiger charge is 2.03. The molecule has 0 spiro atoms. The Balaban J connectivity index is 2.70. The summed E-state index contributed by atoms with van der Waals surface area (Å²) < 4.78 is 0. The van der Waals surface area contributed by atoms with Crippen LogP contribution in [0.25, 0.3) is 0 Å². The summed E-state index contributed by atoms with van der Waals surface area (Å²) in [4.78, 5) is 6.30. The molecule has 1 aromatic heterocycles. The van der Waals surface area contributed by atoms with Gasteiger partial charge in [0, 0.05) is 19.7 Å². The third kappa shape index (κ3) is 2.52. The van der Waals surface area contributed by atoms with Gasteiger partial charge in [-0.15, -0.1) is 0 Å². The van der Waals surface area contributed by atoms with Crippen LogP contribution in [-0.2, 0) is 0 Å². The third-order valence-electron chi connectivity index (χ3n) is 2.19. The molecular weight excluding hydrogens is 176 g/mol. The van der Waals surface area contributed by atoms with Gasteiger partial charge in [-0.05, 0) is 6.42 Å². The first-order valence-corrected chi connectivity index (χ1v) is 4.87. The van der Waals surface area contributed by atoms with E-state index in [1.807, 2.05) is 13.1 Å². The number of anilines is 3. The molecule has 1 heterocycles. The molecule has 0 fully saturated rings. The van der Waals surface area contributed by atoms with Crippen molar-refractivity contribution >= 4 is 17.2 Å². The number of unbranched alkanes of at least 4 members (excludes halogenated alkanes) is 1. The maximum absolute atomic E-state index is 5.70. The lowest BCUT2D eigenvalue weighted by Crippen LogP contribution is -2.19. The van der Waals surface area contributed by atoms with Crippen LogP contribution < -0.4 is 16.4 Å². The highest BCUT2D eigenvalue weighted by atomic mass is 15.2. The number of nitrogen functional groups attached to an aromatic ring is 2. The van der Waals surface area contributed by atoms with E-state index >= 15 is 0 Å². The second-order valence-electron chi connectivity index (χ2n) is 3.45. The van der Waals surface area contributed by atoms with Gasteiger partial charge in [0.2, 0.25) is 0 Å². The second-order valence-corrected chi connectivity index (χ2v) is 3.45. The summed E-state index contributed by atoms with van der Waals surface area (Å²) in [6.45, 7) is 3.16. The van der Waals surface area contributed by atoms with Crippen molar-refractivity contribution in [1.82, 2.24) is 4.98 Å². The number of nitrogens with zero attached hydrogens (tertiary/aromatic N) is 2. The Morgan fingerprint density at radius 3 is 2.64 bits per heavy atom. The average Bonchev–Trinajstić information content (AvgIpc) is 2.18. The van der Waals surface area contributed by atoms with Crippen molar-refractivity contribution in [2.24, 2.45) is 0 Å². The fraction of sp³-hybridized carbons (Fsp3) is 0.500. The van der Waals surface area contributed by atoms with Gasteiger partial charge < -0.3 is 16.4 Å². The molecule has 0 saturated carbocycles. The smallest absolute Gasteiger partial charge is 0.130 e. The lowest BCUT2D eigenvalue weighted by Gasteiger charge is -2.18. The molecule has 14 heavy (non-hydrogen) atoms. The minimum Gasteiger partial charge on any atom is -0.397 e. The van der Waals surface area contributed by atoms with Gasteiger partial charge in [0.05, 0.1) is 17.6 Å². The molecule has 0 amide bonds. The zero-order chi connectivity index (χ0) is 10.6. The lowest BCUT2D eigenvalue weighted by molar-refractivity contribution is 0.760. The monoisotopic (exact) mass is 194 g/mol. The van der Waals surface area contributed by atoms with Crippen LogP contribution in [0.5, 0.6) is 0 Å². The molecule has 0 aliphatic heterocycles. The topological polar surface area (TPSA) is 68.2 Å². The van der Waals surface area contributed by atoms with E-state index in [1.165, 1.54) is 6.42 Å². The Bertz CT molecular complexity index is 298. The number of nitrogens with two attached hydrogens (primary N) is 2. The van der Waals surface area contributed by atoms with Crippen molar-refractivity contribution in [3.8, 4) is 0 Å². The van der Waals surface area contributed by atoms with Crippen molar-refractivity contribution in [3.05, 3.63) is 12.3 Å². The number of hydrogen-bond acceptors (Lipinski definition) is 4. The first-order valence-electron chi connectivity index (χ1n) is 4.87. The van der Waals surface area contributed by atoms with Crippen molar-refractivity contribution in [3.63, 3.8) is 0 Å². The molecular formula is C10H18N4. The third-order valence-corrected chi connectivity index (χ3v) is 2.19. The number of pyridine rings is 1. The molecule has 0 unspecified atom stereocenters. The molecule has 1 aromatic rings. The summed E-state index contributed by atoms with van der Waals surface area (Å²) in [7, 11) is 2.01. The SMILES string of the molecule is CCCCN(C)c1cc(N)c(N)cn1. The van der Waals surface area contributed by atoms with E-state index in [-0.39, 0.29) is 0 Å². The molecule has 4 heteroatoms. The quantitative estimate of drug-likeness (QED) is 0.761. The molecule has 1 rings (SSSR count). The Morgan fingerprint density at radius 2 is 2.07 bits per heavy atom. The molecule has 4 nitrogen and oxygen atoms in total. The van der Waals surface area contributed by atoms with Crippen molar-refractivity contribution in [2.75, 3.05) is 30.0 Å². The Kier molecular flexibility index (Phi) is 3.56. The van der Waals surface area contributed by atoms with Crippen LogP contribution in [0.4, 0.5) is 17.2 Å². The molecule has 78 valence electrons. The predicted octanol–water partition coefficient (Wildman–Crippen LogP) is 1.48.